The fraction of sp³-hybridized carbons (Fsp3) is 0.800. The first-order chi connectivity index (χ1) is 6.60. The van der Waals surface area contributed by atoms with Gasteiger partial charge < -0.3 is 10.4 Å². The Morgan fingerprint density at radius 2 is 1.71 bits per heavy atom. The molecule has 0 unspecified atom stereocenters. The molecule has 14 heavy (non-hydrogen) atoms. The van der Waals surface area contributed by atoms with E-state index in [-0.39, 0.29) is 11.8 Å². The molecule has 2 N–H and O–H groups in total. The van der Waals surface area contributed by atoms with Crippen molar-refractivity contribution in [2.75, 3.05) is 0 Å². The Labute approximate surface area is 84.3 Å². The summed E-state index contributed by atoms with van der Waals surface area (Å²) in [5.41, 5.74) is 1.65. The van der Waals surface area contributed by atoms with E-state index in [2.05, 4.69) is 24.2 Å². The van der Waals surface area contributed by atoms with Gasteiger partial charge in [-0.3, -0.25) is 0 Å². The van der Waals surface area contributed by atoms with Gasteiger partial charge in [-0.1, -0.05) is 31.1 Å². The average Bonchev–Trinajstić information content (AvgIpc) is 2.16. The molecule has 1 saturated carbocycles. The molecule has 0 aromatic rings. The summed E-state index contributed by atoms with van der Waals surface area (Å²) in [4.78, 5) is 0. The lowest BCUT2D eigenvalue weighted by Crippen LogP contribution is -2.34. The minimum Gasteiger partial charge on any atom is -0.411 e. The summed E-state index contributed by atoms with van der Waals surface area (Å²) < 4.78 is 0. The van der Waals surface area contributed by atoms with Crippen LogP contribution in [0.3, 0.4) is 0 Å². The first-order valence-electron chi connectivity index (χ1n) is 5.01. The maximum Gasteiger partial charge on any atom is 0.0614 e. The molecule has 0 heterocycles. The minimum atomic E-state index is 0.181. The van der Waals surface area contributed by atoms with E-state index in [1.54, 1.807) is 0 Å². The predicted octanol–water partition coefficient (Wildman–Crippen LogP) is 2.35. The summed E-state index contributed by atoms with van der Waals surface area (Å²) >= 11 is 0. The van der Waals surface area contributed by atoms with Crippen molar-refractivity contribution >= 4 is 11.4 Å². The van der Waals surface area contributed by atoms with Gasteiger partial charge in [-0.25, -0.2) is 0 Å². The molecular weight excluding hydrogens is 180 g/mol. The zero-order valence-corrected chi connectivity index (χ0v) is 8.94. The van der Waals surface area contributed by atoms with Gasteiger partial charge in [0.15, 0.2) is 0 Å². The zero-order chi connectivity index (χ0) is 10.7. The van der Waals surface area contributed by atoms with Crippen molar-refractivity contribution in [1.29, 1.82) is 0 Å². The first-order valence-corrected chi connectivity index (χ1v) is 5.01. The van der Waals surface area contributed by atoms with Crippen LogP contribution in [-0.4, -0.2) is 21.8 Å². The highest BCUT2D eigenvalue weighted by molar-refractivity contribution is 6.00. The van der Waals surface area contributed by atoms with Gasteiger partial charge in [-0.2, -0.15) is 0 Å². The van der Waals surface area contributed by atoms with Crippen LogP contribution in [-0.2, 0) is 0 Å². The smallest absolute Gasteiger partial charge is 0.0614 e. The molecule has 1 rings (SSSR count). The molecule has 0 aromatic heterocycles. The quantitative estimate of drug-likeness (QED) is 0.501. The van der Waals surface area contributed by atoms with E-state index in [4.69, 9.17) is 10.4 Å². The molecule has 0 saturated heterocycles. The molecule has 0 aliphatic heterocycles. The topological polar surface area (TPSA) is 65.2 Å². The second kappa shape index (κ2) is 4.44. The van der Waals surface area contributed by atoms with Gasteiger partial charge >= 0.3 is 0 Å². The van der Waals surface area contributed by atoms with Crippen molar-refractivity contribution in [3.63, 3.8) is 0 Å². The highest BCUT2D eigenvalue weighted by Crippen LogP contribution is 2.29. The zero-order valence-electron chi connectivity index (χ0n) is 8.94. The van der Waals surface area contributed by atoms with Crippen molar-refractivity contribution < 1.29 is 10.4 Å². The van der Waals surface area contributed by atoms with Gasteiger partial charge in [-0.05, 0) is 18.8 Å². The van der Waals surface area contributed by atoms with Crippen LogP contribution in [0, 0.1) is 17.8 Å². The molecule has 0 amide bonds. The molecule has 1 aliphatic carbocycles. The lowest BCUT2D eigenvalue weighted by Gasteiger charge is -2.30. The molecule has 0 spiro atoms. The minimum absolute atomic E-state index is 0.181. The Morgan fingerprint density at radius 1 is 1.14 bits per heavy atom. The van der Waals surface area contributed by atoms with Crippen LogP contribution in [0.25, 0.3) is 0 Å². The van der Waals surface area contributed by atoms with Crippen LogP contribution in [0.2, 0.25) is 0 Å². The molecule has 0 bridgehead atoms. The van der Waals surface area contributed by atoms with Crippen LogP contribution in [0.4, 0.5) is 0 Å². The average molecular weight is 198 g/mol. The largest absolute Gasteiger partial charge is 0.411 e. The number of rotatable bonds is 1. The molecular formula is C10H18N2O2. The molecule has 0 aromatic carbocycles. The van der Waals surface area contributed by atoms with Crippen molar-refractivity contribution in [2.45, 2.75) is 33.6 Å². The summed E-state index contributed by atoms with van der Waals surface area (Å²) in [6, 6.07) is 0. The van der Waals surface area contributed by atoms with Crippen LogP contribution in [0.1, 0.15) is 33.6 Å². The van der Waals surface area contributed by atoms with Gasteiger partial charge in [0, 0.05) is 11.8 Å². The fourth-order valence-corrected chi connectivity index (χ4v) is 2.00. The second-order valence-electron chi connectivity index (χ2n) is 4.34. The molecule has 1 fully saturated rings. The van der Waals surface area contributed by atoms with E-state index in [0.29, 0.717) is 18.8 Å². The Kier molecular flexibility index (Phi) is 3.49. The highest BCUT2D eigenvalue weighted by atomic mass is 16.4. The molecule has 1 aliphatic rings. The maximum absolute atomic E-state index is 8.87. The summed E-state index contributed by atoms with van der Waals surface area (Å²) in [5, 5.41) is 24.3. The van der Waals surface area contributed by atoms with Crippen LogP contribution in [0.5, 0.6) is 0 Å². The maximum atomic E-state index is 8.87. The summed E-state index contributed by atoms with van der Waals surface area (Å²) in [6.07, 6.45) is 1.40. The van der Waals surface area contributed by atoms with Crippen molar-refractivity contribution in [3.05, 3.63) is 0 Å². The van der Waals surface area contributed by atoms with E-state index < -0.39 is 0 Å². The van der Waals surface area contributed by atoms with Gasteiger partial charge in [0.1, 0.15) is 0 Å². The van der Waals surface area contributed by atoms with Crippen LogP contribution < -0.4 is 0 Å². The number of oxime groups is 2. The van der Waals surface area contributed by atoms with E-state index in [1.165, 1.54) is 0 Å². The Hall–Kier alpha value is -1.06. The van der Waals surface area contributed by atoms with E-state index in [9.17, 15) is 0 Å². The normalized spacial score (nSPS) is 34.3. The molecule has 2 atom stereocenters. The van der Waals surface area contributed by atoms with E-state index in [1.807, 2.05) is 6.92 Å². The second-order valence-corrected chi connectivity index (χ2v) is 4.34. The Bertz CT molecular complexity index is 259. The third-order valence-electron chi connectivity index (χ3n) is 3.00. The third kappa shape index (κ3) is 2.05. The third-order valence-corrected chi connectivity index (χ3v) is 3.00. The van der Waals surface area contributed by atoms with Gasteiger partial charge in [0.2, 0.25) is 0 Å². The lowest BCUT2D eigenvalue weighted by atomic mass is 9.75. The van der Waals surface area contributed by atoms with Crippen molar-refractivity contribution in [1.82, 2.24) is 0 Å². The SMILES string of the molecule is CC(C)[C@@H]1C/C(=N/O)[C@H](C)C/C1=N/O. The van der Waals surface area contributed by atoms with Gasteiger partial charge in [-0.15, -0.1) is 0 Å². The monoisotopic (exact) mass is 198 g/mol. The van der Waals surface area contributed by atoms with E-state index >= 15 is 0 Å². The summed E-state index contributed by atoms with van der Waals surface area (Å²) in [7, 11) is 0. The van der Waals surface area contributed by atoms with E-state index in [0.717, 1.165) is 11.4 Å². The lowest BCUT2D eigenvalue weighted by molar-refractivity contribution is 0.298. The summed E-state index contributed by atoms with van der Waals surface area (Å²) in [6.45, 7) is 6.15. The molecule has 80 valence electrons. The summed E-state index contributed by atoms with van der Waals surface area (Å²) in [5.74, 6) is 0.799. The Morgan fingerprint density at radius 3 is 2.14 bits per heavy atom. The van der Waals surface area contributed by atoms with Crippen molar-refractivity contribution in [3.8, 4) is 0 Å². The molecule has 4 heteroatoms. The van der Waals surface area contributed by atoms with Crippen molar-refractivity contribution in [2.24, 2.45) is 28.1 Å². The number of nitrogens with zero attached hydrogens (tertiary/aromatic N) is 2. The molecule has 4 nitrogen and oxygen atoms in total. The first kappa shape index (κ1) is 11.0. The standard InChI is InChI=1S/C10H18N2O2/c1-6(2)8-5-9(11-13)7(3)4-10(8)12-14/h6-8,13-14H,4-5H2,1-3H3/b11-9-,12-10-/t7-,8+/m1/s1. The Balaban J connectivity index is 2.85. The predicted molar refractivity (Wildman–Crippen MR) is 55.2 cm³/mol. The fourth-order valence-electron chi connectivity index (χ4n) is 2.00. The van der Waals surface area contributed by atoms with Gasteiger partial charge in [0.05, 0.1) is 11.4 Å². The number of hydrogen-bond acceptors (Lipinski definition) is 4. The van der Waals surface area contributed by atoms with Gasteiger partial charge in [0.25, 0.3) is 0 Å². The number of hydrogen-bond donors (Lipinski definition) is 2. The highest BCUT2D eigenvalue weighted by Gasteiger charge is 2.31. The van der Waals surface area contributed by atoms with Crippen LogP contribution >= 0.6 is 0 Å². The molecule has 0 radical (unpaired) electrons. The van der Waals surface area contributed by atoms with Crippen LogP contribution in [0.15, 0.2) is 10.3 Å².